The van der Waals surface area contributed by atoms with Gasteiger partial charge in [0.15, 0.2) is 5.82 Å². The number of halogens is 3. The van der Waals surface area contributed by atoms with Gasteiger partial charge in [-0.25, -0.2) is 19.0 Å². The molecule has 148 valence electrons. The van der Waals surface area contributed by atoms with Crippen LogP contribution in [0.25, 0.3) is 0 Å². The minimum atomic E-state index is -2.00. The summed E-state index contributed by atoms with van der Waals surface area (Å²) in [6, 6.07) is 0. The van der Waals surface area contributed by atoms with Crippen molar-refractivity contribution < 1.29 is 32.4 Å². The second-order valence-electron chi connectivity index (χ2n) is 5.32. The first-order valence-corrected chi connectivity index (χ1v) is 7.84. The molecule has 0 aromatic heterocycles. The average molecular weight is 389 g/mol. The van der Waals surface area contributed by atoms with Crippen LogP contribution in [0, 0.1) is 34.5 Å². The highest BCUT2D eigenvalue weighted by molar-refractivity contribution is 6.25. The minimum Gasteiger partial charge on any atom is -0.462 e. The SMILES string of the molecule is CCCCOC(=O)/C(=C/NNC)C(=O)c1c(F)c(C)c(F)c(F)c1[N+](=O)[O-]. The van der Waals surface area contributed by atoms with E-state index in [4.69, 9.17) is 4.74 Å². The van der Waals surface area contributed by atoms with E-state index in [9.17, 15) is 32.9 Å². The largest absolute Gasteiger partial charge is 0.462 e. The Labute approximate surface area is 152 Å². The van der Waals surface area contributed by atoms with Crippen LogP contribution in [0.5, 0.6) is 0 Å². The number of hydrazine groups is 1. The Bertz CT molecular complexity index is 796. The van der Waals surface area contributed by atoms with Crippen LogP contribution in [0.1, 0.15) is 35.7 Å². The highest BCUT2D eigenvalue weighted by atomic mass is 19.2. The maximum absolute atomic E-state index is 14.4. The van der Waals surface area contributed by atoms with Gasteiger partial charge in [-0.2, -0.15) is 4.39 Å². The van der Waals surface area contributed by atoms with Gasteiger partial charge in [0, 0.05) is 18.8 Å². The van der Waals surface area contributed by atoms with Crippen molar-refractivity contribution in [3.8, 4) is 0 Å². The monoisotopic (exact) mass is 389 g/mol. The minimum absolute atomic E-state index is 0.0547. The molecule has 0 radical (unpaired) electrons. The molecule has 27 heavy (non-hydrogen) atoms. The number of nitrogens with one attached hydrogen (secondary N) is 2. The molecule has 0 atom stereocenters. The topological polar surface area (TPSA) is 111 Å². The average Bonchev–Trinajstić information content (AvgIpc) is 2.62. The molecular formula is C16H18F3N3O5. The number of ketones is 1. The summed E-state index contributed by atoms with van der Waals surface area (Å²) in [5.74, 6) is -8.15. The van der Waals surface area contributed by atoms with Crippen molar-refractivity contribution in [2.75, 3.05) is 13.7 Å². The summed E-state index contributed by atoms with van der Waals surface area (Å²) < 4.78 is 46.9. The molecule has 1 aromatic rings. The number of carbonyl (C=O) groups is 2. The maximum atomic E-state index is 14.4. The number of Topliss-reactive ketones (excluding diaryl/α,β-unsaturated/α-hetero) is 1. The number of hydrogen-bond acceptors (Lipinski definition) is 7. The zero-order chi connectivity index (χ0) is 20.7. The summed E-state index contributed by atoms with van der Waals surface area (Å²) in [5.41, 5.74) is -0.172. The van der Waals surface area contributed by atoms with E-state index in [-0.39, 0.29) is 6.61 Å². The summed E-state index contributed by atoms with van der Waals surface area (Å²) in [6.45, 7) is 2.57. The van der Waals surface area contributed by atoms with Crippen LogP contribution in [0.3, 0.4) is 0 Å². The van der Waals surface area contributed by atoms with E-state index in [0.29, 0.717) is 12.8 Å². The van der Waals surface area contributed by atoms with Gasteiger partial charge in [0.2, 0.25) is 11.6 Å². The van der Waals surface area contributed by atoms with Gasteiger partial charge >= 0.3 is 11.7 Å². The van der Waals surface area contributed by atoms with Gasteiger partial charge in [-0.1, -0.05) is 13.3 Å². The molecule has 0 saturated heterocycles. The van der Waals surface area contributed by atoms with Crippen molar-refractivity contribution in [3.05, 3.63) is 50.5 Å². The van der Waals surface area contributed by atoms with E-state index in [1.54, 1.807) is 0 Å². The van der Waals surface area contributed by atoms with Crippen molar-refractivity contribution in [1.82, 2.24) is 10.9 Å². The van der Waals surface area contributed by atoms with Crippen molar-refractivity contribution >= 4 is 17.4 Å². The van der Waals surface area contributed by atoms with Gasteiger partial charge in [-0.15, -0.1) is 0 Å². The lowest BCUT2D eigenvalue weighted by Crippen LogP contribution is -2.27. The van der Waals surface area contributed by atoms with Crippen LogP contribution in [-0.2, 0) is 9.53 Å². The quantitative estimate of drug-likeness (QED) is 0.0768. The Balaban J connectivity index is 3.54. The molecule has 0 aliphatic carbocycles. The third kappa shape index (κ3) is 4.82. The standard InChI is InChI=1S/C16H18F3N3O5/c1-4-5-6-27-16(24)9(7-21-20-3)15(23)10-11(17)8(2)12(18)13(19)14(10)22(25)26/h7,20-21H,4-6H2,1-3H3/b9-7+. The molecule has 1 aromatic carbocycles. The first-order valence-electron chi connectivity index (χ1n) is 7.84. The predicted octanol–water partition coefficient (Wildman–Crippen LogP) is 2.45. The lowest BCUT2D eigenvalue weighted by Gasteiger charge is -2.11. The van der Waals surface area contributed by atoms with Crippen LogP contribution >= 0.6 is 0 Å². The highest BCUT2D eigenvalue weighted by Crippen LogP contribution is 2.32. The fraction of sp³-hybridized carbons (Fsp3) is 0.375. The Morgan fingerprint density at radius 3 is 2.37 bits per heavy atom. The third-order valence-electron chi connectivity index (χ3n) is 3.48. The van der Waals surface area contributed by atoms with Crippen molar-refractivity contribution in [2.24, 2.45) is 0 Å². The van der Waals surface area contributed by atoms with Gasteiger partial charge in [-0.3, -0.25) is 14.9 Å². The molecule has 0 spiro atoms. The number of hydrogen-bond donors (Lipinski definition) is 2. The molecule has 11 heteroatoms. The fourth-order valence-corrected chi connectivity index (χ4v) is 2.03. The number of rotatable bonds is 9. The molecule has 0 fully saturated rings. The third-order valence-corrected chi connectivity index (χ3v) is 3.48. The molecule has 0 aliphatic rings. The summed E-state index contributed by atoms with van der Waals surface area (Å²) in [6.07, 6.45) is 1.94. The molecule has 8 nitrogen and oxygen atoms in total. The van der Waals surface area contributed by atoms with Crippen molar-refractivity contribution in [3.63, 3.8) is 0 Å². The van der Waals surface area contributed by atoms with Gasteiger partial charge < -0.3 is 10.2 Å². The maximum Gasteiger partial charge on any atom is 0.343 e. The second-order valence-corrected chi connectivity index (χ2v) is 5.32. The summed E-state index contributed by atoms with van der Waals surface area (Å²) in [7, 11) is 1.38. The number of ether oxygens (including phenoxy) is 1. The van der Waals surface area contributed by atoms with E-state index in [1.165, 1.54) is 7.05 Å². The molecular weight excluding hydrogens is 371 g/mol. The molecule has 0 amide bonds. The molecule has 2 N–H and O–H groups in total. The highest BCUT2D eigenvalue weighted by Gasteiger charge is 2.37. The lowest BCUT2D eigenvalue weighted by molar-refractivity contribution is -0.388. The van der Waals surface area contributed by atoms with E-state index in [1.807, 2.05) is 6.92 Å². The zero-order valence-corrected chi connectivity index (χ0v) is 14.8. The van der Waals surface area contributed by atoms with E-state index in [0.717, 1.165) is 13.1 Å². The Morgan fingerprint density at radius 2 is 1.85 bits per heavy atom. The summed E-state index contributed by atoms with van der Waals surface area (Å²) in [5, 5.41) is 11.1. The van der Waals surface area contributed by atoms with Crippen LogP contribution in [-0.4, -0.2) is 30.3 Å². The lowest BCUT2D eigenvalue weighted by atomic mass is 9.98. The first-order chi connectivity index (χ1) is 12.7. The van der Waals surface area contributed by atoms with Crippen LogP contribution < -0.4 is 10.9 Å². The smallest absolute Gasteiger partial charge is 0.343 e. The van der Waals surface area contributed by atoms with Crippen LogP contribution in [0.4, 0.5) is 18.9 Å². The van der Waals surface area contributed by atoms with E-state index >= 15 is 0 Å². The number of esters is 1. The fourth-order valence-electron chi connectivity index (χ4n) is 2.03. The van der Waals surface area contributed by atoms with Gasteiger partial charge in [0.1, 0.15) is 17.0 Å². The molecule has 0 heterocycles. The molecule has 0 unspecified atom stereocenters. The van der Waals surface area contributed by atoms with Crippen LogP contribution in [0.2, 0.25) is 0 Å². The van der Waals surface area contributed by atoms with E-state index in [2.05, 4.69) is 10.9 Å². The number of benzene rings is 1. The Kier molecular flexibility index (Phi) is 7.91. The van der Waals surface area contributed by atoms with Gasteiger partial charge in [-0.05, 0) is 13.3 Å². The number of nitrogens with zero attached hydrogens (tertiary/aromatic N) is 1. The molecule has 0 saturated carbocycles. The molecule has 1 rings (SSSR count). The van der Waals surface area contributed by atoms with E-state index < -0.39 is 56.5 Å². The first kappa shape index (κ1) is 22.1. The Hall–Kier alpha value is -2.95. The van der Waals surface area contributed by atoms with Crippen molar-refractivity contribution in [2.45, 2.75) is 26.7 Å². The molecule has 0 aliphatic heterocycles. The number of unbranched alkanes of at least 4 members (excludes halogenated alkanes) is 1. The van der Waals surface area contributed by atoms with Crippen LogP contribution in [0.15, 0.2) is 11.8 Å². The number of nitro groups is 1. The van der Waals surface area contributed by atoms with Crippen molar-refractivity contribution in [1.29, 1.82) is 0 Å². The predicted molar refractivity (Wildman–Crippen MR) is 88.2 cm³/mol. The summed E-state index contributed by atoms with van der Waals surface area (Å²) in [4.78, 5) is 34.4. The second kappa shape index (κ2) is 9.67. The van der Waals surface area contributed by atoms with Gasteiger partial charge in [0.05, 0.1) is 11.5 Å². The number of nitro benzene ring substituents is 1. The number of carbonyl (C=O) groups excluding carboxylic acids is 2. The normalized spacial score (nSPS) is 11.3. The summed E-state index contributed by atoms with van der Waals surface area (Å²) >= 11 is 0. The zero-order valence-electron chi connectivity index (χ0n) is 14.8. The Morgan fingerprint density at radius 1 is 1.22 bits per heavy atom. The van der Waals surface area contributed by atoms with Gasteiger partial charge in [0.25, 0.3) is 0 Å². The molecule has 0 bridgehead atoms.